The van der Waals surface area contributed by atoms with Crippen LogP contribution >= 0.6 is 11.3 Å². The van der Waals surface area contributed by atoms with Crippen molar-refractivity contribution >= 4 is 26.4 Å². The number of rotatable bonds is 1. The summed E-state index contributed by atoms with van der Waals surface area (Å²) >= 11 is 1.51. The van der Waals surface area contributed by atoms with Gasteiger partial charge in [-0.05, 0) is 12.0 Å². The predicted octanol–water partition coefficient (Wildman–Crippen LogP) is 2.92. The number of hydrogen-bond donors (Lipinski definition) is 1. The molecule has 0 saturated heterocycles. The van der Waals surface area contributed by atoms with E-state index in [9.17, 15) is 0 Å². The largest absolute Gasteiger partial charge is 0.389 e. The summed E-state index contributed by atoms with van der Waals surface area (Å²) in [5, 5.41) is 10.6. The zero-order valence-electron chi connectivity index (χ0n) is 7.87. The quantitative estimate of drug-likeness (QED) is 0.773. The summed E-state index contributed by atoms with van der Waals surface area (Å²) < 4.78 is 1.16. The maximum absolute atomic E-state index is 8.95. The van der Waals surface area contributed by atoms with Crippen LogP contribution in [0.4, 0.5) is 5.00 Å². The molecule has 1 aromatic carbocycles. The molecule has 1 heterocycles. The van der Waals surface area contributed by atoms with Gasteiger partial charge >= 0.3 is 0 Å². The van der Waals surface area contributed by atoms with Crippen LogP contribution in [0.2, 0.25) is 0 Å². The second-order valence-corrected chi connectivity index (χ2v) is 4.15. The Kier molecular flexibility index (Phi) is 2.14. The van der Waals surface area contributed by atoms with Gasteiger partial charge in [-0.25, -0.2) is 0 Å². The van der Waals surface area contributed by atoms with Crippen LogP contribution in [0.25, 0.3) is 10.1 Å². The molecule has 0 amide bonds. The van der Waals surface area contributed by atoms with Crippen molar-refractivity contribution < 1.29 is 0 Å². The average molecular weight is 202 g/mol. The first-order valence-corrected chi connectivity index (χ1v) is 5.29. The highest BCUT2D eigenvalue weighted by Gasteiger charge is 2.10. The number of nitrogen functional groups attached to an aromatic ring is 1. The smallest absolute Gasteiger partial charge is 0.105 e. The standard InChI is InChI=1S/C11H10N2S/c1-2-7-4-3-5-8-9(6-12)11(13)14-10(7)8/h3-5H,2,13H2,1H3. The van der Waals surface area contributed by atoms with Gasteiger partial charge in [0.15, 0.2) is 0 Å². The van der Waals surface area contributed by atoms with Gasteiger partial charge < -0.3 is 5.73 Å². The molecule has 0 radical (unpaired) electrons. The van der Waals surface area contributed by atoms with Crippen LogP contribution in [0.5, 0.6) is 0 Å². The van der Waals surface area contributed by atoms with Crippen LogP contribution in [0.3, 0.4) is 0 Å². The van der Waals surface area contributed by atoms with Gasteiger partial charge in [0, 0.05) is 10.1 Å². The van der Waals surface area contributed by atoms with Gasteiger partial charge in [0.2, 0.25) is 0 Å². The fourth-order valence-electron chi connectivity index (χ4n) is 1.59. The van der Waals surface area contributed by atoms with E-state index in [-0.39, 0.29) is 0 Å². The van der Waals surface area contributed by atoms with E-state index in [1.165, 1.54) is 16.9 Å². The van der Waals surface area contributed by atoms with Crippen molar-refractivity contribution in [3.63, 3.8) is 0 Å². The van der Waals surface area contributed by atoms with E-state index in [0.29, 0.717) is 10.6 Å². The third kappa shape index (κ3) is 1.16. The Morgan fingerprint density at radius 3 is 2.93 bits per heavy atom. The molecule has 0 atom stereocenters. The molecule has 2 rings (SSSR count). The van der Waals surface area contributed by atoms with Crippen molar-refractivity contribution in [3.05, 3.63) is 29.3 Å². The number of hydrogen-bond acceptors (Lipinski definition) is 3. The molecular formula is C11H10N2S. The molecule has 70 valence electrons. The van der Waals surface area contributed by atoms with Gasteiger partial charge in [-0.15, -0.1) is 11.3 Å². The maximum Gasteiger partial charge on any atom is 0.105 e. The highest BCUT2D eigenvalue weighted by atomic mass is 32.1. The molecule has 0 aliphatic rings. The second-order valence-electron chi connectivity index (χ2n) is 3.10. The molecule has 0 aliphatic heterocycles. The molecule has 0 bridgehead atoms. The van der Waals surface area contributed by atoms with Crippen molar-refractivity contribution in [2.24, 2.45) is 0 Å². The molecule has 0 aliphatic carbocycles. The van der Waals surface area contributed by atoms with Gasteiger partial charge in [0.25, 0.3) is 0 Å². The van der Waals surface area contributed by atoms with Crippen LogP contribution in [0.15, 0.2) is 18.2 Å². The normalized spacial score (nSPS) is 10.3. The Hall–Kier alpha value is -1.53. The fraction of sp³-hybridized carbons (Fsp3) is 0.182. The lowest BCUT2D eigenvalue weighted by Crippen LogP contribution is -1.82. The number of aryl methyl sites for hydroxylation is 1. The predicted molar refractivity (Wildman–Crippen MR) is 60.3 cm³/mol. The monoisotopic (exact) mass is 202 g/mol. The molecule has 0 spiro atoms. The average Bonchev–Trinajstić information content (AvgIpc) is 2.52. The van der Waals surface area contributed by atoms with Crippen LogP contribution in [0.1, 0.15) is 18.1 Å². The molecule has 2 N–H and O–H groups in total. The lowest BCUT2D eigenvalue weighted by molar-refractivity contribution is 1.16. The minimum absolute atomic E-state index is 0.625. The van der Waals surface area contributed by atoms with E-state index < -0.39 is 0 Å². The number of anilines is 1. The summed E-state index contributed by atoms with van der Waals surface area (Å²) in [6.45, 7) is 2.11. The minimum atomic E-state index is 0.625. The van der Waals surface area contributed by atoms with Gasteiger partial charge in [0.05, 0.1) is 5.56 Å². The number of nitrogens with zero attached hydrogens (tertiary/aromatic N) is 1. The minimum Gasteiger partial charge on any atom is -0.389 e. The van der Waals surface area contributed by atoms with Gasteiger partial charge in [-0.3, -0.25) is 0 Å². The molecular weight excluding hydrogens is 192 g/mol. The molecule has 0 fully saturated rings. The second kappa shape index (κ2) is 3.32. The van der Waals surface area contributed by atoms with E-state index in [4.69, 9.17) is 11.0 Å². The maximum atomic E-state index is 8.95. The third-order valence-electron chi connectivity index (χ3n) is 2.32. The molecule has 0 saturated carbocycles. The summed E-state index contributed by atoms with van der Waals surface area (Å²) in [5.74, 6) is 0. The Morgan fingerprint density at radius 1 is 1.50 bits per heavy atom. The van der Waals surface area contributed by atoms with Crippen molar-refractivity contribution in [2.75, 3.05) is 5.73 Å². The van der Waals surface area contributed by atoms with Gasteiger partial charge in [0.1, 0.15) is 11.1 Å². The lowest BCUT2D eigenvalue weighted by atomic mass is 10.1. The third-order valence-corrected chi connectivity index (χ3v) is 3.43. The van der Waals surface area contributed by atoms with Gasteiger partial charge in [-0.2, -0.15) is 5.26 Å². The van der Waals surface area contributed by atoms with Crippen LogP contribution in [0, 0.1) is 11.3 Å². The number of thiophene rings is 1. The first-order chi connectivity index (χ1) is 6.77. The zero-order valence-corrected chi connectivity index (χ0v) is 8.69. The molecule has 1 aromatic heterocycles. The Bertz CT molecular complexity index is 520. The highest BCUT2D eigenvalue weighted by Crippen LogP contribution is 2.35. The summed E-state index contributed by atoms with van der Waals surface area (Å²) in [6.07, 6.45) is 0.974. The highest BCUT2D eigenvalue weighted by molar-refractivity contribution is 7.23. The topological polar surface area (TPSA) is 49.8 Å². The van der Waals surface area contributed by atoms with E-state index in [0.717, 1.165) is 16.5 Å². The van der Waals surface area contributed by atoms with Crippen molar-refractivity contribution in [1.82, 2.24) is 0 Å². The van der Waals surface area contributed by atoms with Gasteiger partial charge in [-0.1, -0.05) is 25.1 Å². The van der Waals surface area contributed by atoms with Crippen molar-refractivity contribution in [3.8, 4) is 6.07 Å². The molecule has 14 heavy (non-hydrogen) atoms. The van der Waals surface area contributed by atoms with E-state index in [1.54, 1.807) is 0 Å². The van der Waals surface area contributed by atoms with E-state index in [1.807, 2.05) is 12.1 Å². The lowest BCUT2D eigenvalue weighted by Gasteiger charge is -1.96. The number of benzene rings is 1. The fourth-order valence-corrected chi connectivity index (χ4v) is 2.69. The number of nitrogens with two attached hydrogens (primary N) is 1. The zero-order chi connectivity index (χ0) is 10.1. The molecule has 2 nitrogen and oxygen atoms in total. The molecule has 0 unspecified atom stereocenters. The van der Waals surface area contributed by atoms with Crippen LogP contribution < -0.4 is 5.73 Å². The van der Waals surface area contributed by atoms with Crippen LogP contribution in [-0.4, -0.2) is 0 Å². The van der Waals surface area contributed by atoms with Crippen molar-refractivity contribution in [2.45, 2.75) is 13.3 Å². The first kappa shape index (κ1) is 9.04. The summed E-state index contributed by atoms with van der Waals surface area (Å²) in [7, 11) is 0. The van der Waals surface area contributed by atoms with Crippen LogP contribution in [-0.2, 0) is 6.42 Å². The molecule has 2 aromatic rings. The number of nitriles is 1. The van der Waals surface area contributed by atoms with E-state index in [2.05, 4.69) is 19.1 Å². The summed E-state index contributed by atoms with van der Waals surface area (Å²) in [4.78, 5) is 0. The van der Waals surface area contributed by atoms with E-state index >= 15 is 0 Å². The molecule has 3 heteroatoms. The Balaban J connectivity index is 2.87. The Morgan fingerprint density at radius 2 is 2.29 bits per heavy atom. The summed E-state index contributed by atoms with van der Waals surface area (Å²) in [5.41, 5.74) is 7.67. The SMILES string of the molecule is CCc1cccc2c(C#N)c(N)sc12. The first-order valence-electron chi connectivity index (χ1n) is 4.48. The van der Waals surface area contributed by atoms with Crippen molar-refractivity contribution in [1.29, 1.82) is 5.26 Å². The summed E-state index contributed by atoms with van der Waals surface area (Å²) in [6, 6.07) is 8.18. The number of fused-ring (bicyclic) bond motifs is 1. The Labute approximate surface area is 86.6 Å².